The third-order valence-electron chi connectivity index (χ3n) is 5.76. The molecule has 1 amide bonds. The van der Waals surface area contributed by atoms with Gasteiger partial charge in [0.05, 0.1) is 24.4 Å². The van der Waals surface area contributed by atoms with Crippen LogP contribution in [0, 0.1) is 0 Å². The molecule has 2 aliphatic rings. The Bertz CT molecular complexity index is 1100. The number of nitrogens with zero attached hydrogens (tertiary/aromatic N) is 3. The van der Waals surface area contributed by atoms with Gasteiger partial charge in [-0.05, 0) is 60.0 Å². The van der Waals surface area contributed by atoms with E-state index >= 15 is 0 Å². The molecule has 0 bridgehead atoms. The van der Waals surface area contributed by atoms with Gasteiger partial charge in [-0.3, -0.25) is 9.88 Å². The minimum Gasteiger partial charge on any atom is -0.465 e. The summed E-state index contributed by atoms with van der Waals surface area (Å²) in [5, 5.41) is 0. The largest absolute Gasteiger partial charge is 0.465 e. The number of hydrogen-bond donors (Lipinski definition) is 0. The molecular weight excluding hydrogens is 486 g/mol. The number of aromatic nitrogens is 1. The van der Waals surface area contributed by atoms with Crippen molar-refractivity contribution < 1.29 is 19.1 Å². The van der Waals surface area contributed by atoms with Crippen LogP contribution in [0.3, 0.4) is 0 Å². The molecule has 33 heavy (non-hydrogen) atoms. The van der Waals surface area contributed by atoms with Gasteiger partial charge in [0.2, 0.25) is 0 Å². The summed E-state index contributed by atoms with van der Waals surface area (Å²) < 4.78 is 11.4. The van der Waals surface area contributed by atoms with Crippen LogP contribution >= 0.6 is 15.9 Å². The fraction of sp³-hybridized carbons (Fsp3) is 0.400. The van der Waals surface area contributed by atoms with Crippen LogP contribution in [0.2, 0.25) is 0 Å². The molecule has 1 aliphatic heterocycles. The van der Waals surface area contributed by atoms with E-state index in [2.05, 4.69) is 26.9 Å². The molecule has 1 fully saturated rings. The van der Waals surface area contributed by atoms with Gasteiger partial charge in [-0.15, -0.1) is 0 Å². The first-order valence-corrected chi connectivity index (χ1v) is 11.7. The second-order valence-corrected chi connectivity index (χ2v) is 10.1. The maximum absolute atomic E-state index is 12.7. The minimum absolute atomic E-state index is 0.163. The highest BCUT2D eigenvalue weighted by atomic mass is 79.9. The van der Waals surface area contributed by atoms with E-state index < -0.39 is 11.6 Å². The fourth-order valence-electron chi connectivity index (χ4n) is 4.29. The molecule has 0 spiro atoms. The number of esters is 1. The highest BCUT2D eigenvalue weighted by molar-refractivity contribution is 9.10. The summed E-state index contributed by atoms with van der Waals surface area (Å²) in [7, 11) is 1.39. The number of benzene rings is 1. The standard InChI is InChI=1S/C25H28BrN3O4/c1-25(2,3)33-24(31)29-11-9-28(10-12-29)22-18-8-6-5-7-16(18)13-20(23(30)32-4)19-14-17(26)15-27-21(19)22/h5-8,13-15,22H,9-12H2,1-4H3. The molecule has 2 aromatic rings. The molecule has 174 valence electrons. The van der Waals surface area contributed by atoms with Crippen molar-refractivity contribution in [2.24, 2.45) is 0 Å². The summed E-state index contributed by atoms with van der Waals surface area (Å²) in [6.45, 7) is 8.03. The molecule has 0 radical (unpaired) electrons. The van der Waals surface area contributed by atoms with Crippen LogP contribution in [0.4, 0.5) is 4.79 Å². The van der Waals surface area contributed by atoms with Crippen LogP contribution in [0.1, 0.15) is 49.2 Å². The lowest BCUT2D eigenvalue weighted by Gasteiger charge is -2.40. The third kappa shape index (κ3) is 4.96. The summed E-state index contributed by atoms with van der Waals surface area (Å²) in [6, 6.07) is 9.79. The number of hydrogen-bond acceptors (Lipinski definition) is 6. The Balaban J connectivity index is 1.70. The van der Waals surface area contributed by atoms with E-state index in [4.69, 9.17) is 14.5 Å². The van der Waals surface area contributed by atoms with Crippen LogP contribution in [0.5, 0.6) is 0 Å². The lowest BCUT2D eigenvalue weighted by molar-refractivity contribution is -0.133. The van der Waals surface area contributed by atoms with Gasteiger partial charge >= 0.3 is 12.1 Å². The average molecular weight is 514 g/mol. The second kappa shape index (κ2) is 9.27. The van der Waals surface area contributed by atoms with Gasteiger partial charge in [-0.1, -0.05) is 24.3 Å². The highest BCUT2D eigenvalue weighted by Crippen LogP contribution is 2.40. The summed E-state index contributed by atoms with van der Waals surface area (Å²) in [5.74, 6) is -0.402. The molecule has 4 rings (SSSR count). The topological polar surface area (TPSA) is 72.0 Å². The number of rotatable bonds is 2. The van der Waals surface area contributed by atoms with Gasteiger partial charge in [0, 0.05) is 42.4 Å². The van der Waals surface area contributed by atoms with Crippen molar-refractivity contribution in [1.29, 1.82) is 0 Å². The smallest absolute Gasteiger partial charge is 0.410 e. The first-order chi connectivity index (χ1) is 15.7. The van der Waals surface area contributed by atoms with E-state index in [0.717, 1.165) is 26.9 Å². The van der Waals surface area contributed by atoms with Crippen molar-refractivity contribution in [2.45, 2.75) is 32.4 Å². The lowest BCUT2D eigenvalue weighted by Crippen LogP contribution is -2.51. The Morgan fingerprint density at radius 1 is 1.12 bits per heavy atom. The quantitative estimate of drug-likeness (QED) is 0.550. The number of methoxy groups -OCH3 is 1. The second-order valence-electron chi connectivity index (χ2n) is 9.17. The molecule has 1 aromatic heterocycles. The molecule has 1 aliphatic carbocycles. The van der Waals surface area contributed by atoms with E-state index in [1.165, 1.54) is 7.11 Å². The van der Waals surface area contributed by atoms with E-state index in [1.54, 1.807) is 11.1 Å². The Morgan fingerprint density at radius 2 is 1.82 bits per heavy atom. The highest BCUT2D eigenvalue weighted by Gasteiger charge is 2.35. The van der Waals surface area contributed by atoms with Crippen LogP contribution < -0.4 is 0 Å². The molecule has 2 heterocycles. The van der Waals surface area contributed by atoms with Crippen molar-refractivity contribution >= 4 is 39.6 Å². The van der Waals surface area contributed by atoms with E-state index in [1.807, 2.05) is 51.1 Å². The average Bonchev–Trinajstić information content (AvgIpc) is 2.92. The van der Waals surface area contributed by atoms with Crippen LogP contribution in [-0.4, -0.2) is 65.7 Å². The number of carbonyl (C=O) groups is 2. The zero-order valence-corrected chi connectivity index (χ0v) is 20.9. The van der Waals surface area contributed by atoms with Crippen LogP contribution in [0.25, 0.3) is 11.6 Å². The van der Waals surface area contributed by atoms with E-state index in [-0.39, 0.29) is 12.1 Å². The Hall–Kier alpha value is -2.71. The molecule has 0 saturated carbocycles. The molecule has 1 saturated heterocycles. The maximum Gasteiger partial charge on any atom is 0.410 e. The van der Waals surface area contributed by atoms with Gasteiger partial charge in [0.1, 0.15) is 5.60 Å². The fourth-order valence-corrected chi connectivity index (χ4v) is 4.62. The third-order valence-corrected chi connectivity index (χ3v) is 6.19. The number of fused-ring (bicyclic) bond motifs is 2. The van der Waals surface area contributed by atoms with Crippen molar-refractivity contribution in [3.05, 3.63) is 63.4 Å². The first kappa shape index (κ1) is 23.4. The molecule has 0 N–H and O–H groups in total. The Labute approximate surface area is 202 Å². The van der Waals surface area contributed by atoms with E-state index in [0.29, 0.717) is 31.8 Å². The maximum atomic E-state index is 12.7. The van der Waals surface area contributed by atoms with E-state index in [9.17, 15) is 9.59 Å². The van der Waals surface area contributed by atoms with Gasteiger partial charge in [0.25, 0.3) is 0 Å². The van der Waals surface area contributed by atoms with Crippen molar-refractivity contribution in [3.63, 3.8) is 0 Å². The summed E-state index contributed by atoms with van der Waals surface area (Å²) in [6.07, 6.45) is 3.34. The number of piperazine rings is 1. The zero-order chi connectivity index (χ0) is 23.8. The number of carbonyl (C=O) groups excluding carboxylic acids is 2. The van der Waals surface area contributed by atoms with Crippen molar-refractivity contribution in [2.75, 3.05) is 33.3 Å². The van der Waals surface area contributed by atoms with Crippen molar-refractivity contribution in [1.82, 2.24) is 14.8 Å². The van der Waals surface area contributed by atoms with Gasteiger partial charge in [0.15, 0.2) is 0 Å². The summed E-state index contributed by atoms with van der Waals surface area (Å²) >= 11 is 3.50. The normalized spacial score (nSPS) is 18.5. The van der Waals surface area contributed by atoms with Gasteiger partial charge < -0.3 is 14.4 Å². The Morgan fingerprint density at radius 3 is 2.48 bits per heavy atom. The first-order valence-electron chi connectivity index (χ1n) is 10.9. The van der Waals surface area contributed by atoms with Gasteiger partial charge in [-0.2, -0.15) is 0 Å². The number of pyridine rings is 1. The summed E-state index contributed by atoms with van der Waals surface area (Å²) in [5.41, 5.74) is 3.51. The zero-order valence-electron chi connectivity index (χ0n) is 19.3. The molecular formula is C25H28BrN3O4. The molecule has 7 nitrogen and oxygen atoms in total. The van der Waals surface area contributed by atoms with Crippen LogP contribution in [-0.2, 0) is 14.3 Å². The Kier molecular flexibility index (Phi) is 6.59. The van der Waals surface area contributed by atoms with Crippen LogP contribution in [0.15, 0.2) is 41.0 Å². The molecule has 1 aromatic carbocycles. The molecule has 1 atom stereocenters. The number of halogens is 1. The lowest BCUT2D eigenvalue weighted by atomic mass is 9.95. The number of amides is 1. The SMILES string of the molecule is COC(=O)C1=Cc2ccccc2C(N2CCN(C(=O)OC(C)(C)C)CC2)c2ncc(Br)cc21. The van der Waals surface area contributed by atoms with Gasteiger partial charge in [-0.25, -0.2) is 9.59 Å². The van der Waals surface area contributed by atoms with Crippen molar-refractivity contribution in [3.8, 4) is 0 Å². The minimum atomic E-state index is -0.527. The predicted molar refractivity (Wildman–Crippen MR) is 129 cm³/mol. The molecule has 8 heteroatoms. The number of ether oxygens (including phenoxy) is 2. The summed E-state index contributed by atoms with van der Waals surface area (Å²) in [4.78, 5) is 34.1. The molecule has 1 unspecified atom stereocenters. The predicted octanol–water partition coefficient (Wildman–Crippen LogP) is 4.51. The monoisotopic (exact) mass is 513 g/mol.